The van der Waals surface area contributed by atoms with Gasteiger partial charge >= 0.3 is 0 Å². The van der Waals surface area contributed by atoms with Gasteiger partial charge < -0.3 is 11.5 Å². The summed E-state index contributed by atoms with van der Waals surface area (Å²) in [6, 6.07) is -0.168. The van der Waals surface area contributed by atoms with Crippen molar-refractivity contribution in [3.8, 4) is 0 Å². The van der Waals surface area contributed by atoms with E-state index >= 15 is 0 Å². The van der Waals surface area contributed by atoms with Crippen LogP contribution < -0.4 is 11.5 Å². The van der Waals surface area contributed by atoms with Crippen molar-refractivity contribution in [1.82, 2.24) is 0 Å². The minimum atomic E-state index is -0.438. The molecule has 0 saturated carbocycles. The van der Waals surface area contributed by atoms with Crippen molar-refractivity contribution in [2.24, 2.45) is 11.5 Å². The predicted octanol–water partition coefficient (Wildman–Crippen LogP) is 0.411. The van der Waals surface area contributed by atoms with Crippen LogP contribution in [0.4, 0.5) is 4.39 Å². The van der Waals surface area contributed by atoms with Gasteiger partial charge in [0.05, 0.1) is 0 Å². The highest BCUT2D eigenvalue weighted by molar-refractivity contribution is 4.62. The van der Waals surface area contributed by atoms with E-state index in [2.05, 4.69) is 0 Å². The summed E-state index contributed by atoms with van der Waals surface area (Å²) < 4.78 is 11.7. The molecular formula is C6H15FN2. The number of rotatable bonds is 4. The van der Waals surface area contributed by atoms with E-state index in [1.807, 2.05) is 6.92 Å². The van der Waals surface area contributed by atoms with Gasteiger partial charge in [0.25, 0.3) is 0 Å². The number of alkyl halides is 1. The molecule has 0 aromatic heterocycles. The Morgan fingerprint density at radius 1 is 1.33 bits per heavy atom. The van der Waals surface area contributed by atoms with E-state index in [1.54, 1.807) is 0 Å². The Hall–Kier alpha value is -0.150. The second-order valence-electron chi connectivity index (χ2n) is 2.47. The highest BCUT2D eigenvalue weighted by atomic mass is 19.1. The van der Waals surface area contributed by atoms with Gasteiger partial charge in [0, 0.05) is 12.1 Å². The van der Waals surface area contributed by atoms with Gasteiger partial charge in [-0.1, -0.05) is 0 Å². The van der Waals surface area contributed by atoms with Gasteiger partial charge in [0.15, 0.2) is 0 Å². The molecule has 4 N–H and O–H groups in total. The Morgan fingerprint density at radius 2 is 1.89 bits per heavy atom. The van der Waals surface area contributed by atoms with Gasteiger partial charge in [-0.3, -0.25) is 0 Å². The van der Waals surface area contributed by atoms with Crippen LogP contribution in [0, 0.1) is 0 Å². The lowest BCUT2D eigenvalue weighted by Gasteiger charge is -2.07. The minimum absolute atomic E-state index is 0.141. The van der Waals surface area contributed by atoms with E-state index in [-0.39, 0.29) is 12.1 Å². The molecule has 0 aromatic carbocycles. The van der Waals surface area contributed by atoms with Crippen molar-refractivity contribution in [2.75, 3.05) is 6.67 Å². The topological polar surface area (TPSA) is 52.0 Å². The standard InChI is InChI=1S/C6H15FN2/c1-5(8)2-3-6(9)4-7/h5-6H,2-4,8-9H2,1H3. The van der Waals surface area contributed by atoms with Gasteiger partial charge in [0.2, 0.25) is 0 Å². The Kier molecular flexibility index (Phi) is 4.62. The third kappa shape index (κ3) is 5.73. The first-order valence-corrected chi connectivity index (χ1v) is 3.24. The first-order valence-electron chi connectivity index (χ1n) is 3.24. The fraction of sp³-hybridized carbons (Fsp3) is 1.00. The lowest BCUT2D eigenvalue weighted by Crippen LogP contribution is -2.25. The second kappa shape index (κ2) is 4.70. The summed E-state index contributed by atoms with van der Waals surface area (Å²) in [4.78, 5) is 0. The van der Waals surface area contributed by atoms with Crippen LogP contribution in [0.25, 0.3) is 0 Å². The highest BCUT2D eigenvalue weighted by Crippen LogP contribution is 1.97. The SMILES string of the molecule is CC(N)CCC(N)CF. The summed E-state index contributed by atoms with van der Waals surface area (Å²) in [6.45, 7) is 1.46. The first kappa shape index (κ1) is 8.85. The van der Waals surface area contributed by atoms with Crippen LogP contribution >= 0.6 is 0 Å². The molecule has 0 aliphatic rings. The van der Waals surface area contributed by atoms with E-state index in [4.69, 9.17) is 11.5 Å². The van der Waals surface area contributed by atoms with E-state index in [9.17, 15) is 4.39 Å². The molecule has 3 heteroatoms. The smallest absolute Gasteiger partial charge is 0.104 e. The molecule has 2 unspecified atom stereocenters. The minimum Gasteiger partial charge on any atom is -0.328 e. The molecule has 0 amide bonds. The summed E-state index contributed by atoms with van der Waals surface area (Å²) in [6.07, 6.45) is 1.50. The van der Waals surface area contributed by atoms with Crippen LogP contribution in [-0.2, 0) is 0 Å². The van der Waals surface area contributed by atoms with Crippen molar-refractivity contribution in [1.29, 1.82) is 0 Å². The number of hydrogen-bond donors (Lipinski definition) is 2. The van der Waals surface area contributed by atoms with Gasteiger partial charge in [-0.2, -0.15) is 0 Å². The Morgan fingerprint density at radius 3 is 2.22 bits per heavy atom. The Balaban J connectivity index is 3.06. The molecule has 0 saturated heterocycles. The zero-order valence-electron chi connectivity index (χ0n) is 5.81. The highest BCUT2D eigenvalue weighted by Gasteiger charge is 2.01. The number of halogens is 1. The summed E-state index contributed by atoms with van der Waals surface area (Å²) in [5.41, 5.74) is 10.7. The molecule has 2 atom stereocenters. The quantitative estimate of drug-likeness (QED) is 0.585. The summed E-state index contributed by atoms with van der Waals surface area (Å²) >= 11 is 0. The lowest BCUT2D eigenvalue weighted by molar-refractivity contribution is 0.400. The van der Waals surface area contributed by atoms with Crippen molar-refractivity contribution < 1.29 is 4.39 Å². The molecule has 0 fully saturated rings. The van der Waals surface area contributed by atoms with Crippen molar-refractivity contribution in [2.45, 2.75) is 31.8 Å². The van der Waals surface area contributed by atoms with Crippen molar-refractivity contribution >= 4 is 0 Å². The van der Waals surface area contributed by atoms with E-state index in [0.717, 1.165) is 6.42 Å². The third-order valence-electron chi connectivity index (χ3n) is 1.19. The van der Waals surface area contributed by atoms with E-state index in [1.165, 1.54) is 0 Å². The Labute approximate surface area is 55.4 Å². The number of nitrogens with two attached hydrogens (primary N) is 2. The molecule has 0 rings (SSSR count). The molecular weight excluding hydrogens is 119 g/mol. The zero-order chi connectivity index (χ0) is 7.28. The van der Waals surface area contributed by atoms with Crippen LogP contribution in [0.5, 0.6) is 0 Å². The second-order valence-corrected chi connectivity index (χ2v) is 2.47. The van der Waals surface area contributed by atoms with Crippen LogP contribution in [0.15, 0.2) is 0 Å². The molecule has 0 radical (unpaired) electrons. The number of hydrogen-bond acceptors (Lipinski definition) is 2. The van der Waals surface area contributed by atoms with Crippen molar-refractivity contribution in [3.05, 3.63) is 0 Å². The predicted molar refractivity (Wildman–Crippen MR) is 36.8 cm³/mol. The molecule has 0 aliphatic heterocycles. The van der Waals surface area contributed by atoms with Crippen LogP contribution in [0.1, 0.15) is 19.8 Å². The maximum atomic E-state index is 11.7. The fourth-order valence-electron chi connectivity index (χ4n) is 0.554. The molecule has 2 nitrogen and oxygen atoms in total. The average molecular weight is 134 g/mol. The van der Waals surface area contributed by atoms with Crippen LogP contribution in [0.3, 0.4) is 0 Å². The lowest BCUT2D eigenvalue weighted by atomic mass is 10.1. The normalized spacial score (nSPS) is 17.3. The van der Waals surface area contributed by atoms with Crippen LogP contribution in [-0.4, -0.2) is 18.8 Å². The van der Waals surface area contributed by atoms with E-state index < -0.39 is 6.67 Å². The van der Waals surface area contributed by atoms with Gasteiger partial charge in [0.1, 0.15) is 6.67 Å². The van der Waals surface area contributed by atoms with Gasteiger partial charge in [-0.05, 0) is 19.8 Å². The van der Waals surface area contributed by atoms with Crippen LogP contribution in [0.2, 0.25) is 0 Å². The maximum absolute atomic E-state index is 11.7. The summed E-state index contributed by atoms with van der Waals surface area (Å²) in [7, 11) is 0. The first-order chi connectivity index (χ1) is 4.16. The van der Waals surface area contributed by atoms with Crippen molar-refractivity contribution in [3.63, 3.8) is 0 Å². The molecule has 56 valence electrons. The largest absolute Gasteiger partial charge is 0.328 e. The average Bonchev–Trinajstić information content (AvgIpc) is 1.83. The summed E-state index contributed by atoms with van der Waals surface area (Å²) in [5.74, 6) is 0. The molecule has 9 heavy (non-hydrogen) atoms. The fourth-order valence-corrected chi connectivity index (χ4v) is 0.554. The third-order valence-corrected chi connectivity index (χ3v) is 1.19. The molecule has 0 heterocycles. The van der Waals surface area contributed by atoms with E-state index in [0.29, 0.717) is 6.42 Å². The molecule has 0 spiro atoms. The maximum Gasteiger partial charge on any atom is 0.104 e. The Bertz CT molecular complexity index is 66.1. The molecule has 0 bridgehead atoms. The monoisotopic (exact) mass is 134 g/mol. The zero-order valence-corrected chi connectivity index (χ0v) is 5.81. The molecule has 0 aromatic rings. The van der Waals surface area contributed by atoms with Gasteiger partial charge in [-0.15, -0.1) is 0 Å². The van der Waals surface area contributed by atoms with Gasteiger partial charge in [-0.25, -0.2) is 4.39 Å². The summed E-state index contributed by atoms with van der Waals surface area (Å²) in [5, 5.41) is 0. The molecule has 0 aliphatic carbocycles.